The summed E-state index contributed by atoms with van der Waals surface area (Å²) in [5.74, 6) is -0.818. The summed E-state index contributed by atoms with van der Waals surface area (Å²) in [6.45, 7) is 5.29. The van der Waals surface area contributed by atoms with Crippen LogP contribution in [0.5, 0.6) is 5.75 Å². The van der Waals surface area contributed by atoms with E-state index in [4.69, 9.17) is 9.84 Å². The molecule has 0 aliphatic heterocycles. The Bertz CT molecular complexity index is 459. The minimum atomic E-state index is -1.05. The Morgan fingerprint density at radius 3 is 2.11 bits per heavy atom. The van der Waals surface area contributed by atoms with Gasteiger partial charge in [0.15, 0.2) is 0 Å². The van der Waals surface area contributed by atoms with Crippen LogP contribution < -0.4 is 10.1 Å². The number of carbonyl (C=O) groups is 2. The first kappa shape index (κ1) is 15.0. The normalized spacial score (nSPS) is 12.6. The van der Waals surface area contributed by atoms with Gasteiger partial charge >= 0.3 is 5.97 Å². The molecule has 0 radical (unpaired) electrons. The molecule has 2 N–H and O–H groups in total. The highest BCUT2D eigenvalue weighted by atomic mass is 16.5. The maximum Gasteiger partial charge on any atom is 0.326 e. The number of carboxylic acids is 1. The highest BCUT2D eigenvalue weighted by Crippen LogP contribution is 2.20. The molecule has 104 valence electrons. The van der Waals surface area contributed by atoms with Crippen LogP contribution in [-0.4, -0.2) is 30.1 Å². The summed E-state index contributed by atoms with van der Waals surface area (Å²) in [5, 5.41) is 11.7. The molecule has 1 atom stereocenters. The molecule has 0 saturated heterocycles. The predicted molar refractivity (Wildman–Crippen MR) is 71.3 cm³/mol. The molecule has 0 heterocycles. The number of hydrogen-bond acceptors (Lipinski definition) is 3. The summed E-state index contributed by atoms with van der Waals surface area (Å²) in [4.78, 5) is 23.2. The minimum absolute atomic E-state index is 0.399. The van der Waals surface area contributed by atoms with Crippen molar-refractivity contribution in [2.45, 2.75) is 26.8 Å². The third-order valence-corrected chi connectivity index (χ3v) is 2.74. The van der Waals surface area contributed by atoms with Gasteiger partial charge in [-0.1, -0.05) is 20.8 Å². The van der Waals surface area contributed by atoms with Gasteiger partial charge in [0, 0.05) is 5.56 Å². The smallest absolute Gasteiger partial charge is 0.326 e. The average molecular weight is 265 g/mol. The Balaban J connectivity index is 2.85. The molecular formula is C14H19NO4. The van der Waals surface area contributed by atoms with E-state index in [2.05, 4.69) is 5.32 Å². The summed E-state index contributed by atoms with van der Waals surface area (Å²) in [7, 11) is 1.54. The standard InChI is InChI=1S/C14H19NO4/c1-14(2,3)11(13(17)18)15-12(16)9-5-7-10(19-4)8-6-9/h5-8,11H,1-4H3,(H,15,16)(H,17,18)/t11-/m1/s1. The molecule has 0 bridgehead atoms. The van der Waals surface area contributed by atoms with Crippen LogP contribution in [0.2, 0.25) is 0 Å². The molecule has 19 heavy (non-hydrogen) atoms. The molecule has 0 aromatic heterocycles. The summed E-state index contributed by atoms with van der Waals surface area (Å²) in [5.41, 5.74) is -0.162. The molecule has 0 fully saturated rings. The molecule has 1 rings (SSSR count). The van der Waals surface area contributed by atoms with Crippen molar-refractivity contribution in [2.24, 2.45) is 5.41 Å². The van der Waals surface area contributed by atoms with E-state index in [1.807, 2.05) is 0 Å². The SMILES string of the molecule is COc1ccc(C(=O)N[C@H](C(=O)O)C(C)(C)C)cc1. The van der Waals surface area contributed by atoms with Gasteiger partial charge in [0.2, 0.25) is 0 Å². The van der Waals surface area contributed by atoms with Crippen molar-refractivity contribution in [3.05, 3.63) is 29.8 Å². The number of aliphatic carboxylic acids is 1. The van der Waals surface area contributed by atoms with Crippen molar-refractivity contribution in [2.75, 3.05) is 7.11 Å². The van der Waals surface area contributed by atoms with Crippen LogP contribution in [0, 0.1) is 5.41 Å². The molecule has 1 aromatic rings. The Hall–Kier alpha value is -2.04. The Labute approximate surface area is 112 Å². The van der Waals surface area contributed by atoms with Gasteiger partial charge in [0.25, 0.3) is 5.91 Å². The van der Waals surface area contributed by atoms with Crippen LogP contribution in [0.1, 0.15) is 31.1 Å². The van der Waals surface area contributed by atoms with Gasteiger partial charge < -0.3 is 15.2 Å². The zero-order valence-corrected chi connectivity index (χ0v) is 11.6. The number of carboxylic acid groups (broad SMARTS) is 1. The molecule has 0 saturated carbocycles. The number of rotatable bonds is 4. The van der Waals surface area contributed by atoms with Gasteiger partial charge in [-0.05, 0) is 29.7 Å². The quantitative estimate of drug-likeness (QED) is 0.872. The summed E-state index contributed by atoms with van der Waals surface area (Å²) < 4.78 is 5.00. The van der Waals surface area contributed by atoms with Crippen LogP contribution in [-0.2, 0) is 4.79 Å². The van der Waals surface area contributed by atoms with Crippen LogP contribution in [0.3, 0.4) is 0 Å². The molecule has 1 amide bonds. The third-order valence-electron chi connectivity index (χ3n) is 2.74. The van der Waals surface area contributed by atoms with Gasteiger partial charge in [0.1, 0.15) is 11.8 Å². The van der Waals surface area contributed by atoms with Gasteiger partial charge in [-0.25, -0.2) is 4.79 Å². The maximum absolute atomic E-state index is 12.0. The van der Waals surface area contributed by atoms with Crippen LogP contribution in [0.4, 0.5) is 0 Å². The molecule has 0 unspecified atom stereocenters. The number of methoxy groups -OCH3 is 1. The highest BCUT2D eigenvalue weighted by molar-refractivity contribution is 5.96. The fraction of sp³-hybridized carbons (Fsp3) is 0.429. The first-order chi connectivity index (χ1) is 8.75. The van der Waals surface area contributed by atoms with E-state index in [1.54, 1.807) is 45.0 Å². The van der Waals surface area contributed by atoms with E-state index in [-0.39, 0.29) is 0 Å². The van der Waals surface area contributed by atoms with Crippen LogP contribution in [0.15, 0.2) is 24.3 Å². The highest BCUT2D eigenvalue weighted by Gasteiger charge is 2.32. The second-order valence-electron chi connectivity index (χ2n) is 5.34. The fourth-order valence-electron chi connectivity index (χ4n) is 1.61. The van der Waals surface area contributed by atoms with Crippen molar-refractivity contribution in [3.63, 3.8) is 0 Å². The van der Waals surface area contributed by atoms with Gasteiger partial charge in [-0.3, -0.25) is 4.79 Å². The van der Waals surface area contributed by atoms with Crippen molar-refractivity contribution >= 4 is 11.9 Å². The number of nitrogens with one attached hydrogen (secondary N) is 1. The molecule has 0 spiro atoms. The van der Waals surface area contributed by atoms with Crippen LogP contribution >= 0.6 is 0 Å². The number of amides is 1. The zero-order chi connectivity index (χ0) is 14.6. The van der Waals surface area contributed by atoms with Crippen molar-refractivity contribution < 1.29 is 19.4 Å². The second kappa shape index (κ2) is 5.73. The van der Waals surface area contributed by atoms with E-state index in [0.717, 1.165) is 0 Å². The van der Waals surface area contributed by atoms with Crippen LogP contribution in [0.25, 0.3) is 0 Å². The number of benzene rings is 1. The lowest BCUT2D eigenvalue weighted by molar-refractivity contribution is -0.142. The lowest BCUT2D eigenvalue weighted by Gasteiger charge is -2.27. The van der Waals surface area contributed by atoms with Gasteiger partial charge in [-0.2, -0.15) is 0 Å². The first-order valence-corrected chi connectivity index (χ1v) is 5.93. The molecule has 0 aliphatic rings. The monoisotopic (exact) mass is 265 g/mol. The number of carbonyl (C=O) groups excluding carboxylic acids is 1. The largest absolute Gasteiger partial charge is 0.497 e. The lowest BCUT2D eigenvalue weighted by atomic mass is 9.86. The molecule has 5 heteroatoms. The number of ether oxygens (including phenoxy) is 1. The van der Waals surface area contributed by atoms with Gasteiger partial charge in [-0.15, -0.1) is 0 Å². The Morgan fingerprint density at radius 1 is 1.21 bits per heavy atom. The summed E-state index contributed by atoms with van der Waals surface area (Å²) in [6.07, 6.45) is 0. The van der Waals surface area contributed by atoms with Crippen molar-refractivity contribution in [1.29, 1.82) is 0 Å². The number of hydrogen-bond donors (Lipinski definition) is 2. The minimum Gasteiger partial charge on any atom is -0.497 e. The zero-order valence-electron chi connectivity index (χ0n) is 11.6. The van der Waals surface area contributed by atoms with E-state index in [0.29, 0.717) is 11.3 Å². The Kier molecular flexibility index (Phi) is 4.53. The van der Waals surface area contributed by atoms with Crippen molar-refractivity contribution in [1.82, 2.24) is 5.32 Å². The van der Waals surface area contributed by atoms with E-state index >= 15 is 0 Å². The first-order valence-electron chi connectivity index (χ1n) is 5.93. The topological polar surface area (TPSA) is 75.6 Å². The maximum atomic E-state index is 12.0. The lowest BCUT2D eigenvalue weighted by Crippen LogP contribution is -2.49. The van der Waals surface area contributed by atoms with E-state index in [9.17, 15) is 9.59 Å². The summed E-state index contributed by atoms with van der Waals surface area (Å²) in [6, 6.07) is 5.55. The van der Waals surface area contributed by atoms with Crippen molar-refractivity contribution in [3.8, 4) is 5.75 Å². The summed E-state index contributed by atoms with van der Waals surface area (Å²) >= 11 is 0. The molecular weight excluding hydrogens is 246 g/mol. The Morgan fingerprint density at radius 2 is 1.74 bits per heavy atom. The molecule has 5 nitrogen and oxygen atoms in total. The third kappa shape index (κ3) is 3.98. The molecule has 0 aliphatic carbocycles. The second-order valence-corrected chi connectivity index (χ2v) is 5.34. The predicted octanol–water partition coefficient (Wildman–Crippen LogP) is 1.92. The average Bonchev–Trinajstić information content (AvgIpc) is 2.34. The van der Waals surface area contributed by atoms with E-state index in [1.165, 1.54) is 7.11 Å². The molecule has 1 aromatic carbocycles. The fourth-order valence-corrected chi connectivity index (χ4v) is 1.61. The van der Waals surface area contributed by atoms with E-state index < -0.39 is 23.3 Å². The van der Waals surface area contributed by atoms with Gasteiger partial charge in [0.05, 0.1) is 7.11 Å².